The van der Waals surface area contributed by atoms with E-state index in [1.807, 2.05) is 13.0 Å². The Morgan fingerprint density at radius 2 is 1.75 bits per heavy atom. The van der Waals surface area contributed by atoms with Gasteiger partial charge < -0.3 is 39.7 Å². The third-order valence-corrected chi connectivity index (χ3v) is 10.7. The number of nitrogen functional groups attached to an aromatic ring is 1. The number of benzene rings is 2. The van der Waals surface area contributed by atoms with Crippen LogP contribution in [-0.4, -0.2) is 83.0 Å². The number of aromatic nitrogens is 5. The molecule has 0 saturated carbocycles. The number of aliphatic imine (C=N–C) groups is 1. The van der Waals surface area contributed by atoms with Crippen LogP contribution < -0.4 is 21.1 Å². The highest BCUT2D eigenvalue weighted by molar-refractivity contribution is 6.06. The zero-order valence-corrected chi connectivity index (χ0v) is 33.7. The second-order valence-electron chi connectivity index (χ2n) is 15.4. The molecule has 6 aromatic rings. The van der Waals surface area contributed by atoms with Crippen LogP contribution in [-0.2, 0) is 32.4 Å². The van der Waals surface area contributed by atoms with Gasteiger partial charge in [-0.3, -0.25) is 33.5 Å². The molecule has 6 heterocycles. The highest BCUT2D eigenvalue weighted by atomic mass is 16.5. The molecule has 60 heavy (non-hydrogen) atoms. The molecule has 16 nitrogen and oxygen atoms in total. The van der Waals surface area contributed by atoms with E-state index in [0.29, 0.717) is 70.2 Å². The first-order chi connectivity index (χ1) is 28.7. The van der Waals surface area contributed by atoms with Gasteiger partial charge in [0.2, 0.25) is 11.7 Å². The number of nitrogens with zero attached hydrogens (tertiary/aromatic N) is 7. The number of nitrogens with one attached hydrogen (secondary N) is 2. The van der Waals surface area contributed by atoms with E-state index in [-0.39, 0.29) is 60.6 Å². The fourth-order valence-electron chi connectivity index (χ4n) is 7.74. The lowest BCUT2D eigenvalue weighted by atomic mass is 10.1. The summed E-state index contributed by atoms with van der Waals surface area (Å²) in [6.07, 6.45) is 9.64. The molecule has 2 aliphatic heterocycles. The molecule has 16 heteroatoms. The molecule has 1 atom stereocenters. The van der Waals surface area contributed by atoms with Crippen molar-refractivity contribution >= 4 is 69.4 Å². The number of imidazole rings is 1. The molecular weight excluding hydrogens is 765 g/mol. The molecule has 0 bridgehead atoms. The molecule has 8 rings (SSSR count). The number of rotatable bonds is 12. The van der Waals surface area contributed by atoms with Crippen molar-refractivity contribution in [2.24, 2.45) is 26.1 Å². The van der Waals surface area contributed by atoms with Gasteiger partial charge in [0.05, 0.1) is 35.1 Å². The zero-order valence-electron chi connectivity index (χ0n) is 33.7. The first-order valence-electron chi connectivity index (χ1n) is 19.4. The molecule has 0 spiro atoms. The maximum atomic E-state index is 13.5. The molecule has 0 unspecified atom stereocenters. The first-order valence-corrected chi connectivity index (χ1v) is 19.4. The maximum absolute atomic E-state index is 13.5. The molecule has 0 aliphatic carbocycles. The number of fused-ring (bicyclic) bond motifs is 3. The van der Waals surface area contributed by atoms with E-state index in [4.69, 9.17) is 10.5 Å². The topological polar surface area (TPSA) is 193 Å². The summed E-state index contributed by atoms with van der Waals surface area (Å²) < 4.78 is 12.4. The number of nitrogens with two attached hydrogens (primary N) is 1. The smallest absolute Gasteiger partial charge is 0.279 e. The standard InChI is InChI=1S/C44H44N10O6/c1-25-13-31-20-46-33-19-38(26(2)14-32(33)43(58)54(31)21-25)60-12-6-7-40(56)48-39-24-52(5)41(49-39)37(55)16-27-15-35(50(3)22-27)42(57)47-30-18-36(51(4)23-30)44(59)53-11-10-28-17-29(45)8-9-34(28)53/h8-11,14-15,17-20,22-24,31H,1,6-7,12-13,16,21,45H2,2-5H3,(H,47,57)(H,48,56)/t31-/m0/s1. The highest BCUT2D eigenvalue weighted by Gasteiger charge is 2.34. The van der Waals surface area contributed by atoms with Gasteiger partial charge in [-0.25, -0.2) is 4.98 Å². The number of aryl methyl sites for hydroxylation is 4. The number of ketones is 1. The quantitative estimate of drug-likeness (QED) is 0.0616. The summed E-state index contributed by atoms with van der Waals surface area (Å²) in [5.74, 6) is -0.364. The van der Waals surface area contributed by atoms with Crippen LogP contribution in [0.4, 0.5) is 22.9 Å². The van der Waals surface area contributed by atoms with Gasteiger partial charge in [-0.1, -0.05) is 12.2 Å². The molecular formula is C44H44N10O6. The normalized spacial score (nSPS) is 14.6. The van der Waals surface area contributed by atoms with Gasteiger partial charge in [0.25, 0.3) is 17.7 Å². The van der Waals surface area contributed by atoms with Gasteiger partial charge in [-0.05, 0) is 73.4 Å². The van der Waals surface area contributed by atoms with E-state index in [2.05, 4.69) is 27.2 Å². The van der Waals surface area contributed by atoms with Crippen LogP contribution in [0.3, 0.4) is 0 Å². The predicted molar refractivity (Wildman–Crippen MR) is 227 cm³/mol. The summed E-state index contributed by atoms with van der Waals surface area (Å²) >= 11 is 0. The summed E-state index contributed by atoms with van der Waals surface area (Å²) in [7, 11) is 5.10. The van der Waals surface area contributed by atoms with E-state index in [1.165, 1.54) is 4.57 Å². The lowest BCUT2D eigenvalue weighted by Crippen LogP contribution is -2.35. The molecule has 3 amide bonds. The number of amides is 3. The minimum atomic E-state index is -0.415. The van der Waals surface area contributed by atoms with Gasteiger partial charge in [0.15, 0.2) is 11.6 Å². The lowest BCUT2D eigenvalue weighted by molar-refractivity contribution is -0.116. The number of carbonyl (C=O) groups is 5. The SMILES string of the molecule is C=C1C[C@H]2C=Nc3cc(OCCCC(=O)Nc4cn(C)c(C(=O)Cc5cc(C(=O)Nc6cc(C(=O)n7ccc8cc(N)ccc87)n(C)c6)n(C)c5)n4)c(C)cc3C(=O)N2C1. The Morgan fingerprint density at radius 3 is 2.57 bits per heavy atom. The van der Waals surface area contributed by atoms with E-state index in [1.54, 1.807) is 113 Å². The van der Waals surface area contributed by atoms with Crippen molar-refractivity contribution in [1.29, 1.82) is 0 Å². The Kier molecular flexibility index (Phi) is 10.3. The van der Waals surface area contributed by atoms with Gasteiger partial charge >= 0.3 is 0 Å². The number of hydrogen-bond donors (Lipinski definition) is 3. The van der Waals surface area contributed by atoms with Gasteiger partial charge in [0, 0.05) is 88.7 Å². The van der Waals surface area contributed by atoms with Gasteiger partial charge in [-0.2, -0.15) is 0 Å². The fraction of sp³-hybridized carbons (Fsp3) is 0.250. The van der Waals surface area contributed by atoms with Crippen LogP contribution in [0.5, 0.6) is 5.75 Å². The third-order valence-electron chi connectivity index (χ3n) is 10.7. The third kappa shape index (κ3) is 7.74. The first kappa shape index (κ1) is 39.3. The Morgan fingerprint density at radius 1 is 0.950 bits per heavy atom. The largest absolute Gasteiger partial charge is 0.493 e. The van der Waals surface area contributed by atoms with Crippen molar-refractivity contribution < 1.29 is 28.7 Å². The fourth-order valence-corrected chi connectivity index (χ4v) is 7.74. The molecule has 0 radical (unpaired) electrons. The van der Waals surface area contributed by atoms with E-state index < -0.39 is 5.91 Å². The van der Waals surface area contributed by atoms with E-state index in [0.717, 1.165) is 16.5 Å². The summed E-state index contributed by atoms with van der Waals surface area (Å²) in [5.41, 5.74) is 11.8. The Hall–Kier alpha value is -7.49. The van der Waals surface area contributed by atoms with Crippen molar-refractivity contribution in [3.8, 4) is 5.75 Å². The maximum Gasteiger partial charge on any atom is 0.279 e. The Labute approximate surface area is 344 Å². The monoisotopic (exact) mass is 808 g/mol. The summed E-state index contributed by atoms with van der Waals surface area (Å²) in [4.78, 5) is 77.0. The van der Waals surface area contributed by atoms with Crippen molar-refractivity contribution in [2.45, 2.75) is 38.6 Å². The van der Waals surface area contributed by atoms with E-state index in [9.17, 15) is 24.0 Å². The van der Waals surface area contributed by atoms with Gasteiger partial charge in [0.1, 0.15) is 17.1 Å². The Bertz CT molecular complexity index is 2800. The molecule has 4 N–H and O–H groups in total. The van der Waals surface area contributed by atoms with Crippen LogP contribution in [0.1, 0.15) is 72.3 Å². The van der Waals surface area contributed by atoms with Crippen molar-refractivity contribution in [2.75, 3.05) is 29.5 Å². The summed E-state index contributed by atoms with van der Waals surface area (Å²) in [6, 6.07) is 13.9. The van der Waals surface area contributed by atoms with Crippen molar-refractivity contribution in [3.63, 3.8) is 0 Å². The van der Waals surface area contributed by atoms with Crippen LogP contribution in [0.2, 0.25) is 0 Å². The molecule has 4 aromatic heterocycles. The molecule has 2 aliphatic rings. The van der Waals surface area contributed by atoms with Crippen LogP contribution in [0, 0.1) is 6.92 Å². The lowest BCUT2D eigenvalue weighted by Gasteiger charge is -2.20. The zero-order chi connectivity index (χ0) is 42.4. The minimum absolute atomic E-state index is 0.0344. The highest BCUT2D eigenvalue weighted by Crippen LogP contribution is 2.35. The molecule has 1 fully saturated rings. The molecule has 2 aromatic carbocycles. The summed E-state index contributed by atoms with van der Waals surface area (Å²) in [6.45, 7) is 6.68. The number of ether oxygens (including phenoxy) is 1. The van der Waals surface area contributed by atoms with Crippen LogP contribution >= 0.6 is 0 Å². The van der Waals surface area contributed by atoms with Gasteiger partial charge in [-0.15, -0.1) is 0 Å². The Balaban J connectivity index is 0.831. The van der Waals surface area contributed by atoms with Crippen LogP contribution in [0.15, 0.2) is 90.5 Å². The number of hydrogen-bond acceptors (Lipinski definition) is 9. The van der Waals surface area contributed by atoms with Crippen LogP contribution in [0.25, 0.3) is 10.9 Å². The average molecular weight is 809 g/mol. The minimum Gasteiger partial charge on any atom is -0.493 e. The molecule has 306 valence electrons. The number of anilines is 3. The number of Topliss-reactive ketones (excluding diaryl/α,β-unsaturated/α-hetero) is 1. The van der Waals surface area contributed by atoms with E-state index >= 15 is 0 Å². The number of carbonyl (C=O) groups excluding carboxylic acids is 5. The second-order valence-corrected chi connectivity index (χ2v) is 15.4. The second kappa shape index (κ2) is 15.7. The van der Waals surface area contributed by atoms with Crippen molar-refractivity contribution in [3.05, 3.63) is 119 Å². The average Bonchev–Trinajstić information content (AvgIpc) is 4.02. The molecule has 1 saturated heterocycles. The van der Waals surface area contributed by atoms with Crippen molar-refractivity contribution in [1.82, 2.24) is 28.2 Å². The predicted octanol–water partition coefficient (Wildman–Crippen LogP) is 5.59. The summed E-state index contributed by atoms with van der Waals surface area (Å²) in [5, 5.41) is 6.45.